The van der Waals surface area contributed by atoms with Crippen molar-refractivity contribution in [2.75, 3.05) is 7.11 Å². The summed E-state index contributed by atoms with van der Waals surface area (Å²) in [5.74, 6) is -0.0810. The number of benzene rings is 1. The van der Waals surface area contributed by atoms with E-state index in [-0.39, 0.29) is 27.8 Å². The van der Waals surface area contributed by atoms with Gasteiger partial charge in [-0.15, -0.1) is 0 Å². The van der Waals surface area contributed by atoms with E-state index in [0.29, 0.717) is 0 Å². The molecule has 0 N–H and O–H groups in total. The van der Waals surface area contributed by atoms with Gasteiger partial charge in [-0.25, -0.2) is 4.79 Å². The van der Waals surface area contributed by atoms with E-state index in [1.54, 1.807) is 0 Å². The molecular formula is C13H9ClN2O5. The number of methoxy groups -OCH3 is 1. The van der Waals surface area contributed by atoms with Crippen LogP contribution in [0, 0.1) is 10.1 Å². The SMILES string of the molecule is COC(=O)c1cncc(Oc2ccc([N+](=O)[O-])cc2Cl)c1. The maximum atomic E-state index is 11.4. The van der Waals surface area contributed by atoms with Crippen LogP contribution in [0.2, 0.25) is 5.02 Å². The minimum Gasteiger partial charge on any atom is -0.465 e. The van der Waals surface area contributed by atoms with Crippen LogP contribution in [0.25, 0.3) is 0 Å². The summed E-state index contributed by atoms with van der Waals surface area (Å²) in [5.41, 5.74) is 0.0711. The average Bonchev–Trinajstić information content (AvgIpc) is 2.48. The van der Waals surface area contributed by atoms with Crippen molar-refractivity contribution in [1.82, 2.24) is 4.98 Å². The lowest BCUT2D eigenvalue weighted by atomic mass is 10.2. The van der Waals surface area contributed by atoms with Crippen molar-refractivity contribution < 1.29 is 19.2 Å². The summed E-state index contributed by atoms with van der Waals surface area (Å²) in [5, 5.41) is 10.7. The molecule has 0 fully saturated rings. The van der Waals surface area contributed by atoms with Crippen LogP contribution in [0.15, 0.2) is 36.7 Å². The molecular weight excluding hydrogens is 300 g/mol. The zero-order chi connectivity index (χ0) is 15.4. The first-order valence-corrected chi connectivity index (χ1v) is 6.04. The molecule has 0 saturated heterocycles. The average molecular weight is 309 g/mol. The molecule has 21 heavy (non-hydrogen) atoms. The third kappa shape index (κ3) is 3.46. The number of nitrogens with zero attached hydrogens (tertiary/aromatic N) is 2. The molecule has 0 atom stereocenters. The van der Waals surface area contributed by atoms with E-state index in [4.69, 9.17) is 16.3 Å². The summed E-state index contributed by atoms with van der Waals surface area (Å²) in [6, 6.07) is 5.23. The van der Waals surface area contributed by atoms with Crippen molar-refractivity contribution in [3.05, 3.63) is 57.4 Å². The van der Waals surface area contributed by atoms with Gasteiger partial charge in [-0.3, -0.25) is 15.1 Å². The van der Waals surface area contributed by atoms with Crippen LogP contribution >= 0.6 is 11.6 Å². The highest BCUT2D eigenvalue weighted by molar-refractivity contribution is 6.32. The number of rotatable bonds is 4. The number of nitro benzene ring substituents is 1. The normalized spacial score (nSPS) is 10.0. The van der Waals surface area contributed by atoms with Gasteiger partial charge < -0.3 is 9.47 Å². The highest BCUT2D eigenvalue weighted by Crippen LogP contribution is 2.32. The number of halogens is 1. The Balaban J connectivity index is 2.26. The van der Waals surface area contributed by atoms with Gasteiger partial charge >= 0.3 is 5.97 Å². The Bertz CT molecular complexity index is 705. The number of hydrogen-bond donors (Lipinski definition) is 0. The standard InChI is InChI=1S/C13H9ClN2O5/c1-20-13(17)8-4-10(7-15-6-8)21-12-3-2-9(16(18)19)5-11(12)14/h2-7H,1H3. The molecule has 1 aromatic heterocycles. The van der Waals surface area contributed by atoms with Gasteiger partial charge in [0.1, 0.15) is 11.5 Å². The number of ether oxygens (including phenoxy) is 2. The minimum atomic E-state index is -0.560. The van der Waals surface area contributed by atoms with Gasteiger partial charge in [0.15, 0.2) is 0 Å². The zero-order valence-corrected chi connectivity index (χ0v) is 11.5. The maximum Gasteiger partial charge on any atom is 0.339 e. The first-order valence-electron chi connectivity index (χ1n) is 5.66. The van der Waals surface area contributed by atoms with Crippen molar-refractivity contribution in [2.45, 2.75) is 0 Å². The summed E-state index contributed by atoms with van der Waals surface area (Å²) in [7, 11) is 1.25. The van der Waals surface area contributed by atoms with Gasteiger partial charge in [0.2, 0.25) is 0 Å². The summed E-state index contributed by atoms with van der Waals surface area (Å²) in [6.07, 6.45) is 2.71. The molecule has 0 aliphatic rings. The Hall–Kier alpha value is -2.67. The fourth-order valence-corrected chi connectivity index (χ4v) is 1.73. The van der Waals surface area contributed by atoms with Crippen LogP contribution in [0.1, 0.15) is 10.4 Å². The van der Waals surface area contributed by atoms with E-state index >= 15 is 0 Å². The molecule has 0 spiro atoms. The van der Waals surface area contributed by atoms with Gasteiger partial charge in [-0.2, -0.15) is 0 Å². The van der Waals surface area contributed by atoms with Gasteiger partial charge in [0, 0.05) is 18.3 Å². The Morgan fingerprint density at radius 3 is 2.71 bits per heavy atom. The third-order valence-corrected chi connectivity index (χ3v) is 2.78. The molecule has 0 aliphatic heterocycles. The Labute approximate surface area is 124 Å². The first-order chi connectivity index (χ1) is 10.0. The fraction of sp³-hybridized carbons (Fsp3) is 0.0769. The first kappa shape index (κ1) is 14.7. The largest absolute Gasteiger partial charge is 0.465 e. The molecule has 1 heterocycles. The molecule has 0 radical (unpaired) electrons. The van der Waals surface area contributed by atoms with E-state index in [1.165, 1.54) is 43.8 Å². The maximum absolute atomic E-state index is 11.4. The molecule has 2 rings (SSSR count). The molecule has 0 bridgehead atoms. The van der Waals surface area contributed by atoms with E-state index in [1.807, 2.05) is 0 Å². The van der Waals surface area contributed by atoms with Gasteiger partial charge in [-0.05, 0) is 12.1 Å². The topological polar surface area (TPSA) is 91.6 Å². The van der Waals surface area contributed by atoms with Crippen LogP contribution in [0.4, 0.5) is 5.69 Å². The smallest absolute Gasteiger partial charge is 0.339 e. The Kier molecular flexibility index (Phi) is 4.34. The van der Waals surface area contributed by atoms with Crippen molar-refractivity contribution in [3.63, 3.8) is 0 Å². The second kappa shape index (κ2) is 6.19. The molecule has 8 heteroatoms. The van der Waals surface area contributed by atoms with E-state index in [0.717, 1.165) is 0 Å². The third-order valence-electron chi connectivity index (χ3n) is 2.49. The predicted molar refractivity (Wildman–Crippen MR) is 73.8 cm³/mol. The summed E-state index contributed by atoms with van der Waals surface area (Å²) >= 11 is 5.91. The summed E-state index contributed by atoms with van der Waals surface area (Å²) < 4.78 is 10.0. The van der Waals surface area contributed by atoms with E-state index in [2.05, 4.69) is 9.72 Å². The van der Waals surface area contributed by atoms with Crippen molar-refractivity contribution in [1.29, 1.82) is 0 Å². The van der Waals surface area contributed by atoms with Crippen LogP contribution in [-0.2, 0) is 4.74 Å². The zero-order valence-electron chi connectivity index (χ0n) is 10.8. The lowest BCUT2D eigenvalue weighted by Gasteiger charge is -2.08. The van der Waals surface area contributed by atoms with Crippen LogP contribution < -0.4 is 4.74 Å². The number of carbonyl (C=O) groups excluding carboxylic acids is 1. The molecule has 7 nitrogen and oxygen atoms in total. The number of non-ortho nitro benzene ring substituents is 1. The van der Waals surface area contributed by atoms with Crippen LogP contribution in [-0.4, -0.2) is 23.0 Å². The Morgan fingerprint density at radius 2 is 2.10 bits per heavy atom. The number of esters is 1. The molecule has 0 unspecified atom stereocenters. The number of hydrogen-bond acceptors (Lipinski definition) is 6. The monoisotopic (exact) mass is 308 g/mol. The second-order valence-electron chi connectivity index (χ2n) is 3.87. The van der Waals surface area contributed by atoms with Gasteiger partial charge in [-0.1, -0.05) is 11.6 Å². The lowest BCUT2D eigenvalue weighted by molar-refractivity contribution is -0.384. The van der Waals surface area contributed by atoms with Crippen molar-refractivity contribution >= 4 is 23.3 Å². The van der Waals surface area contributed by atoms with E-state index < -0.39 is 10.9 Å². The quantitative estimate of drug-likeness (QED) is 0.489. The predicted octanol–water partition coefficient (Wildman–Crippen LogP) is 3.22. The van der Waals surface area contributed by atoms with Gasteiger partial charge in [0.05, 0.1) is 28.8 Å². The molecule has 1 aromatic carbocycles. The molecule has 0 amide bonds. The number of nitro groups is 1. The van der Waals surface area contributed by atoms with Crippen LogP contribution in [0.3, 0.4) is 0 Å². The summed E-state index contributed by atoms with van der Waals surface area (Å²) in [4.78, 5) is 25.3. The molecule has 2 aromatic rings. The lowest BCUT2D eigenvalue weighted by Crippen LogP contribution is -2.02. The van der Waals surface area contributed by atoms with Gasteiger partial charge in [0.25, 0.3) is 5.69 Å². The van der Waals surface area contributed by atoms with Crippen molar-refractivity contribution in [3.8, 4) is 11.5 Å². The van der Waals surface area contributed by atoms with Crippen molar-refractivity contribution in [2.24, 2.45) is 0 Å². The minimum absolute atomic E-state index is 0.0765. The fourth-order valence-electron chi connectivity index (χ4n) is 1.52. The highest BCUT2D eigenvalue weighted by atomic mass is 35.5. The highest BCUT2D eigenvalue weighted by Gasteiger charge is 2.12. The Morgan fingerprint density at radius 1 is 1.33 bits per heavy atom. The second-order valence-corrected chi connectivity index (χ2v) is 4.28. The number of carbonyl (C=O) groups is 1. The number of aromatic nitrogens is 1. The summed E-state index contributed by atoms with van der Waals surface area (Å²) in [6.45, 7) is 0. The molecule has 0 aliphatic carbocycles. The van der Waals surface area contributed by atoms with E-state index in [9.17, 15) is 14.9 Å². The molecule has 108 valence electrons. The van der Waals surface area contributed by atoms with Crippen LogP contribution in [0.5, 0.6) is 11.5 Å². The number of pyridine rings is 1. The molecule has 0 saturated carbocycles.